The van der Waals surface area contributed by atoms with Crippen molar-refractivity contribution in [3.63, 3.8) is 0 Å². The molecule has 30 heavy (non-hydrogen) atoms. The van der Waals surface area contributed by atoms with Gasteiger partial charge in [0.1, 0.15) is 22.5 Å². The molecule has 1 heterocycles. The summed E-state index contributed by atoms with van der Waals surface area (Å²) >= 11 is 5.91. The van der Waals surface area contributed by atoms with Crippen LogP contribution in [-0.2, 0) is 10.3 Å². The number of aromatic nitrogens is 1. The van der Waals surface area contributed by atoms with Crippen LogP contribution in [0.2, 0.25) is 5.15 Å². The highest BCUT2D eigenvalue weighted by atomic mass is 35.5. The number of ether oxygens (including phenoxy) is 1. The molecule has 10 heteroatoms. The molecule has 4 nitrogen and oxygen atoms in total. The highest BCUT2D eigenvalue weighted by molar-refractivity contribution is 6.29. The lowest BCUT2D eigenvalue weighted by atomic mass is 9.96. The minimum atomic E-state index is -4.51. The molecule has 0 aliphatic heterocycles. The third-order valence-corrected chi connectivity index (χ3v) is 4.97. The zero-order valence-corrected chi connectivity index (χ0v) is 16.6. The van der Waals surface area contributed by atoms with Gasteiger partial charge in [-0.3, -0.25) is 4.79 Å². The van der Waals surface area contributed by atoms with Crippen molar-refractivity contribution in [1.29, 1.82) is 0 Å². The molecule has 1 atom stereocenters. The molecule has 0 saturated heterocycles. The van der Waals surface area contributed by atoms with E-state index in [-0.39, 0.29) is 22.9 Å². The number of nitrogens with zero attached hydrogens (tertiary/aromatic N) is 1. The fraction of sp³-hybridized carbons (Fsp3) is 0.400. The summed E-state index contributed by atoms with van der Waals surface area (Å²) in [6.45, 7) is 0.156. The van der Waals surface area contributed by atoms with Gasteiger partial charge in [0, 0.05) is 24.6 Å². The highest BCUT2D eigenvalue weighted by Gasteiger charge is 2.47. The largest absolute Gasteiger partial charge is 0.484 e. The molecule has 0 radical (unpaired) electrons. The van der Waals surface area contributed by atoms with E-state index in [9.17, 15) is 26.7 Å². The molecule has 0 bridgehead atoms. The van der Waals surface area contributed by atoms with E-state index >= 15 is 0 Å². The molecular formula is C20H18ClF5N2O2. The number of pyridine rings is 1. The standard InChI is InChI=1S/C20H18ClF5N2O2/c1-11(14-3-2-12(22)7-15(14)23)6-18(29)28-19(4-5-19)16-8-13(9-17(21)27-16)30-10-20(24,25)26/h2-3,7-9,11H,4-6,10H2,1H3,(H,28,29). The number of benzene rings is 1. The molecule has 1 saturated carbocycles. The summed E-state index contributed by atoms with van der Waals surface area (Å²) in [6, 6.07) is 5.64. The maximum atomic E-state index is 13.9. The second kappa shape index (κ2) is 8.37. The molecule has 162 valence electrons. The molecule has 1 aromatic heterocycles. The van der Waals surface area contributed by atoms with Gasteiger partial charge in [-0.2, -0.15) is 13.2 Å². The van der Waals surface area contributed by atoms with E-state index < -0.39 is 41.8 Å². The predicted molar refractivity (Wildman–Crippen MR) is 99.2 cm³/mol. The van der Waals surface area contributed by atoms with E-state index in [0.717, 1.165) is 18.2 Å². The van der Waals surface area contributed by atoms with Gasteiger partial charge in [0.2, 0.25) is 5.91 Å². The Hall–Kier alpha value is -2.42. The summed E-state index contributed by atoms with van der Waals surface area (Å²) in [7, 11) is 0. The number of hydrogen-bond acceptors (Lipinski definition) is 3. The molecule has 1 N–H and O–H groups in total. The Morgan fingerprint density at radius 2 is 1.97 bits per heavy atom. The lowest BCUT2D eigenvalue weighted by molar-refractivity contribution is -0.153. The van der Waals surface area contributed by atoms with E-state index in [1.54, 1.807) is 6.92 Å². The van der Waals surface area contributed by atoms with E-state index in [2.05, 4.69) is 10.3 Å². The van der Waals surface area contributed by atoms with Crippen molar-refractivity contribution in [2.75, 3.05) is 6.61 Å². The first-order chi connectivity index (χ1) is 14.0. The number of halogens is 6. The van der Waals surface area contributed by atoms with Gasteiger partial charge in [0.25, 0.3) is 0 Å². The van der Waals surface area contributed by atoms with Gasteiger partial charge in [0.15, 0.2) is 6.61 Å². The Balaban J connectivity index is 1.69. The van der Waals surface area contributed by atoms with E-state index in [1.807, 2.05) is 0 Å². The smallest absolute Gasteiger partial charge is 0.422 e. The number of carbonyl (C=O) groups excluding carboxylic acids is 1. The molecule has 1 aliphatic rings. The van der Waals surface area contributed by atoms with Crippen LogP contribution in [-0.4, -0.2) is 23.7 Å². The molecule has 1 fully saturated rings. The van der Waals surface area contributed by atoms with Crippen molar-refractivity contribution in [2.24, 2.45) is 0 Å². The summed E-state index contributed by atoms with van der Waals surface area (Å²) in [5.74, 6) is -2.47. The van der Waals surface area contributed by atoms with Crippen molar-refractivity contribution in [2.45, 2.75) is 43.8 Å². The van der Waals surface area contributed by atoms with Crippen molar-refractivity contribution < 1.29 is 31.5 Å². The quantitative estimate of drug-likeness (QED) is 0.465. The molecule has 1 aliphatic carbocycles. The Morgan fingerprint density at radius 1 is 1.27 bits per heavy atom. The monoisotopic (exact) mass is 448 g/mol. The lowest BCUT2D eigenvalue weighted by Gasteiger charge is -2.20. The first kappa shape index (κ1) is 22.3. The molecule has 1 unspecified atom stereocenters. The van der Waals surface area contributed by atoms with Crippen molar-refractivity contribution in [3.05, 3.63) is 58.4 Å². The van der Waals surface area contributed by atoms with Crippen LogP contribution in [0.4, 0.5) is 22.0 Å². The van der Waals surface area contributed by atoms with E-state index in [1.165, 1.54) is 12.1 Å². The normalized spacial score (nSPS) is 16.1. The SMILES string of the molecule is CC(CC(=O)NC1(c2cc(OCC(F)(F)F)cc(Cl)n2)CC1)c1ccc(F)cc1F. The molecule has 0 spiro atoms. The molecule has 2 aromatic rings. The number of amides is 1. The van der Waals surface area contributed by atoms with Crippen molar-refractivity contribution >= 4 is 17.5 Å². The number of hydrogen-bond donors (Lipinski definition) is 1. The highest BCUT2D eigenvalue weighted by Crippen LogP contribution is 2.46. The zero-order valence-electron chi connectivity index (χ0n) is 15.8. The molecule has 1 aromatic carbocycles. The second-order valence-electron chi connectivity index (χ2n) is 7.32. The van der Waals surface area contributed by atoms with Gasteiger partial charge in [-0.1, -0.05) is 24.6 Å². The third-order valence-electron chi connectivity index (χ3n) is 4.77. The van der Waals surface area contributed by atoms with Gasteiger partial charge >= 0.3 is 6.18 Å². The Bertz CT molecular complexity index is 947. The van der Waals surface area contributed by atoms with Crippen LogP contribution >= 0.6 is 11.6 Å². The van der Waals surface area contributed by atoms with Crippen molar-refractivity contribution in [3.8, 4) is 5.75 Å². The summed E-state index contributed by atoms with van der Waals surface area (Å²) in [5, 5.41) is 2.74. The average molecular weight is 449 g/mol. The predicted octanol–water partition coefficient (Wildman–Crippen LogP) is 5.25. The maximum Gasteiger partial charge on any atom is 0.422 e. The lowest BCUT2D eigenvalue weighted by Crippen LogP contribution is -2.36. The first-order valence-corrected chi connectivity index (χ1v) is 9.49. The minimum Gasteiger partial charge on any atom is -0.484 e. The number of alkyl halides is 3. The number of nitrogens with one attached hydrogen (secondary N) is 1. The molecule has 1 amide bonds. The Kier molecular flexibility index (Phi) is 6.21. The van der Waals surface area contributed by atoms with Crippen LogP contribution < -0.4 is 10.1 Å². The first-order valence-electron chi connectivity index (χ1n) is 9.11. The average Bonchev–Trinajstić information content (AvgIpc) is 3.39. The van der Waals surface area contributed by atoms with Crippen LogP contribution in [0.25, 0.3) is 0 Å². The van der Waals surface area contributed by atoms with Crippen LogP contribution in [0.1, 0.15) is 43.4 Å². The van der Waals surface area contributed by atoms with Gasteiger partial charge < -0.3 is 10.1 Å². The van der Waals surface area contributed by atoms with Gasteiger partial charge in [-0.15, -0.1) is 0 Å². The van der Waals surface area contributed by atoms with E-state index in [0.29, 0.717) is 18.5 Å². The van der Waals surface area contributed by atoms with E-state index in [4.69, 9.17) is 16.3 Å². The second-order valence-corrected chi connectivity index (χ2v) is 7.70. The van der Waals surface area contributed by atoms with Crippen LogP contribution in [0.5, 0.6) is 5.75 Å². The molecule has 3 rings (SSSR count). The van der Waals surface area contributed by atoms with Crippen LogP contribution in [0, 0.1) is 11.6 Å². The van der Waals surface area contributed by atoms with Crippen LogP contribution in [0.3, 0.4) is 0 Å². The summed E-state index contributed by atoms with van der Waals surface area (Å²) in [6.07, 6.45) is -3.54. The number of rotatable bonds is 7. The Labute approximate surface area is 174 Å². The summed E-state index contributed by atoms with van der Waals surface area (Å²) in [5.41, 5.74) is -0.361. The fourth-order valence-corrected chi connectivity index (χ4v) is 3.34. The molecular weight excluding hydrogens is 431 g/mol. The van der Waals surface area contributed by atoms with Crippen molar-refractivity contribution in [1.82, 2.24) is 10.3 Å². The van der Waals surface area contributed by atoms with Gasteiger partial charge in [0.05, 0.1) is 11.2 Å². The topological polar surface area (TPSA) is 51.2 Å². The van der Waals surface area contributed by atoms with Crippen LogP contribution in [0.15, 0.2) is 30.3 Å². The zero-order chi connectivity index (χ0) is 22.1. The summed E-state index contributed by atoms with van der Waals surface area (Å²) in [4.78, 5) is 16.6. The van der Waals surface area contributed by atoms with Gasteiger partial charge in [-0.05, 0) is 30.4 Å². The maximum absolute atomic E-state index is 13.9. The fourth-order valence-electron chi connectivity index (χ4n) is 3.14. The Morgan fingerprint density at radius 3 is 2.57 bits per heavy atom. The third kappa shape index (κ3) is 5.59. The van der Waals surface area contributed by atoms with Gasteiger partial charge in [-0.25, -0.2) is 13.8 Å². The number of carbonyl (C=O) groups is 1. The summed E-state index contributed by atoms with van der Waals surface area (Å²) < 4.78 is 68.9. The minimum absolute atomic E-state index is 0.0630.